The number of carbonyl (C=O) groups is 1. The largest absolute Gasteiger partial charge is 0.369 e. The lowest BCUT2D eigenvalue weighted by molar-refractivity contribution is 0.243. The van der Waals surface area contributed by atoms with Crippen LogP contribution < -0.4 is 16.4 Å². The molecule has 7 heteroatoms. The second kappa shape index (κ2) is 6.05. The van der Waals surface area contributed by atoms with E-state index in [4.69, 9.17) is 17.3 Å². The first-order valence-corrected chi connectivity index (χ1v) is 5.39. The lowest BCUT2D eigenvalue weighted by Gasteiger charge is -2.09. The molecule has 0 fully saturated rings. The third-order valence-electron chi connectivity index (χ3n) is 1.63. The molecule has 0 aromatic carbocycles. The SMILES string of the molecule is CC(C)NC(=O)N/C(N)=N/c1ncccc1Cl. The smallest absolute Gasteiger partial charge is 0.321 e. The minimum atomic E-state index is -0.423. The van der Waals surface area contributed by atoms with Gasteiger partial charge < -0.3 is 11.1 Å². The van der Waals surface area contributed by atoms with E-state index in [-0.39, 0.29) is 17.8 Å². The number of nitrogens with one attached hydrogen (secondary N) is 2. The Kier molecular flexibility index (Phi) is 4.71. The molecule has 0 saturated carbocycles. The molecule has 1 rings (SSSR count). The summed E-state index contributed by atoms with van der Waals surface area (Å²) < 4.78 is 0. The Morgan fingerprint density at radius 1 is 1.59 bits per heavy atom. The highest BCUT2D eigenvalue weighted by atomic mass is 35.5. The van der Waals surface area contributed by atoms with Crippen molar-refractivity contribution in [2.75, 3.05) is 0 Å². The molecule has 0 saturated heterocycles. The fraction of sp³-hybridized carbons (Fsp3) is 0.300. The van der Waals surface area contributed by atoms with Crippen molar-refractivity contribution in [3.8, 4) is 0 Å². The van der Waals surface area contributed by atoms with Crippen LogP contribution in [-0.4, -0.2) is 23.0 Å². The number of guanidine groups is 1. The van der Waals surface area contributed by atoms with Crippen LogP contribution in [0, 0.1) is 0 Å². The van der Waals surface area contributed by atoms with Gasteiger partial charge in [-0.3, -0.25) is 5.32 Å². The summed E-state index contributed by atoms with van der Waals surface area (Å²) in [5, 5.41) is 5.34. The molecule has 0 radical (unpaired) electrons. The quantitative estimate of drug-likeness (QED) is 0.551. The van der Waals surface area contributed by atoms with Crippen LogP contribution in [0.2, 0.25) is 5.02 Å². The van der Waals surface area contributed by atoms with Gasteiger partial charge in [0.1, 0.15) is 0 Å². The average Bonchev–Trinajstić information content (AvgIpc) is 2.19. The van der Waals surface area contributed by atoms with Crippen molar-refractivity contribution in [1.29, 1.82) is 0 Å². The number of aliphatic imine (C=N–C) groups is 1. The van der Waals surface area contributed by atoms with Gasteiger partial charge in [0.2, 0.25) is 5.96 Å². The summed E-state index contributed by atoms with van der Waals surface area (Å²) in [5.41, 5.74) is 5.53. The predicted molar refractivity (Wildman–Crippen MR) is 67.3 cm³/mol. The van der Waals surface area contributed by atoms with Gasteiger partial charge in [-0.25, -0.2) is 9.78 Å². The molecule has 0 spiro atoms. The number of nitrogens with zero attached hydrogens (tertiary/aromatic N) is 2. The number of nitrogens with two attached hydrogens (primary N) is 1. The molecule has 0 aliphatic rings. The van der Waals surface area contributed by atoms with E-state index in [0.717, 1.165) is 0 Å². The van der Waals surface area contributed by atoms with Crippen LogP contribution in [0.1, 0.15) is 13.8 Å². The van der Waals surface area contributed by atoms with Crippen LogP contribution in [0.25, 0.3) is 0 Å². The molecule has 1 aromatic heterocycles. The molecule has 0 bridgehead atoms. The molecular formula is C10H14ClN5O. The Morgan fingerprint density at radius 2 is 2.29 bits per heavy atom. The van der Waals surface area contributed by atoms with E-state index >= 15 is 0 Å². The highest BCUT2D eigenvalue weighted by Gasteiger charge is 2.05. The van der Waals surface area contributed by atoms with E-state index in [1.165, 1.54) is 6.20 Å². The van der Waals surface area contributed by atoms with Crippen LogP contribution >= 0.6 is 11.6 Å². The van der Waals surface area contributed by atoms with Crippen molar-refractivity contribution in [3.05, 3.63) is 23.4 Å². The van der Waals surface area contributed by atoms with Gasteiger partial charge in [-0.2, -0.15) is 4.99 Å². The zero-order chi connectivity index (χ0) is 12.8. The minimum absolute atomic E-state index is 0.0150. The van der Waals surface area contributed by atoms with Gasteiger partial charge >= 0.3 is 6.03 Å². The highest BCUT2D eigenvalue weighted by molar-refractivity contribution is 6.32. The Labute approximate surface area is 104 Å². The number of urea groups is 1. The molecule has 2 amide bonds. The predicted octanol–water partition coefficient (Wildman–Crippen LogP) is 1.39. The summed E-state index contributed by atoms with van der Waals surface area (Å²) in [5.74, 6) is 0.195. The molecule has 6 nitrogen and oxygen atoms in total. The van der Waals surface area contributed by atoms with Gasteiger partial charge in [-0.05, 0) is 26.0 Å². The molecule has 92 valence electrons. The summed E-state index contributed by atoms with van der Waals surface area (Å²) >= 11 is 5.84. The molecule has 1 aromatic rings. The number of hydrogen-bond acceptors (Lipinski definition) is 3. The second-order valence-corrected chi connectivity index (χ2v) is 3.97. The monoisotopic (exact) mass is 255 g/mol. The Bertz CT molecular complexity index is 432. The molecule has 0 aliphatic heterocycles. The van der Waals surface area contributed by atoms with Crippen LogP contribution in [0.5, 0.6) is 0 Å². The van der Waals surface area contributed by atoms with E-state index in [2.05, 4.69) is 20.6 Å². The molecule has 17 heavy (non-hydrogen) atoms. The number of amides is 2. The first-order chi connectivity index (χ1) is 7.99. The third-order valence-corrected chi connectivity index (χ3v) is 1.92. The molecule has 0 atom stereocenters. The zero-order valence-corrected chi connectivity index (χ0v) is 10.3. The van der Waals surface area contributed by atoms with Gasteiger partial charge in [-0.15, -0.1) is 0 Å². The van der Waals surface area contributed by atoms with Gasteiger partial charge in [0.05, 0.1) is 5.02 Å². The van der Waals surface area contributed by atoms with Gasteiger partial charge in [0.25, 0.3) is 0 Å². The van der Waals surface area contributed by atoms with Gasteiger partial charge in [0, 0.05) is 12.2 Å². The van der Waals surface area contributed by atoms with E-state index in [1.54, 1.807) is 12.1 Å². The first kappa shape index (κ1) is 13.2. The topological polar surface area (TPSA) is 92.4 Å². The van der Waals surface area contributed by atoms with E-state index < -0.39 is 6.03 Å². The van der Waals surface area contributed by atoms with Crippen molar-refractivity contribution in [1.82, 2.24) is 15.6 Å². The van der Waals surface area contributed by atoms with Crippen LogP contribution in [0.3, 0.4) is 0 Å². The number of pyridine rings is 1. The van der Waals surface area contributed by atoms with Crippen LogP contribution in [-0.2, 0) is 0 Å². The van der Waals surface area contributed by atoms with Gasteiger partial charge in [0.15, 0.2) is 5.82 Å². The van der Waals surface area contributed by atoms with Crippen molar-refractivity contribution < 1.29 is 4.79 Å². The third kappa shape index (κ3) is 4.69. The maximum absolute atomic E-state index is 11.3. The van der Waals surface area contributed by atoms with E-state index in [9.17, 15) is 4.79 Å². The van der Waals surface area contributed by atoms with Crippen molar-refractivity contribution in [2.24, 2.45) is 10.7 Å². The standard InChI is InChI=1S/C10H14ClN5O/c1-6(2)14-10(17)16-9(12)15-8-7(11)4-3-5-13-8/h3-6H,1-2H3,(H4,12,13,14,15,16,17). The maximum Gasteiger partial charge on any atom is 0.321 e. The fourth-order valence-electron chi connectivity index (χ4n) is 1.02. The van der Waals surface area contributed by atoms with Crippen LogP contribution in [0.4, 0.5) is 10.6 Å². The number of aromatic nitrogens is 1. The Balaban J connectivity index is 2.67. The molecule has 0 aliphatic carbocycles. The minimum Gasteiger partial charge on any atom is -0.369 e. The lowest BCUT2D eigenvalue weighted by atomic mass is 10.4. The Morgan fingerprint density at radius 3 is 2.88 bits per heavy atom. The Hall–Kier alpha value is -1.82. The molecule has 4 N–H and O–H groups in total. The number of carbonyl (C=O) groups excluding carboxylic acids is 1. The number of rotatable bonds is 2. The van der Waals surface area contributed by atoms with E-state index in [0.29, 0.717) is 5.02 Å². The summed E-state index contributed by atoms with van der Waals surface area (Å²) in [6, 6.07) is 2.90. The lowest BCUT2D eigenvalue weighted by Crippen LogP contribution is -2.45. The fourth-order valence-corrected chi connectivity index (χ4v) is 1.18. The zero-order valence-electron chi connectivity index (χ0n) is 9.57. The number of halogens is 1. The van der Waals surface area contributed by atoms with Crippen LogP contribution in [0.15, 0.2) is 23.3 Å². The van der Waals surface area contributed by atoms with Crippen molar-refractivity contribution >= 4 is 29.4 Å². The summed E-state index contributed by atoms with van der Waals surface area (Å²) in [7, 11) is 0. The van der Waals surface area contributed by atoms with Crippen molar-refractivity contribution in [2.45, 2.75) is 19.9 Å². The summed E-state index contributed by atoms with van der Waals surface area (Å²) in [6.45, 7) is 3.67. The summed E-state index contributed by atoms with van der Waals surface area (Å²) in [6.07, 6.45) is 1.53. The number of hydrogen-bond donors (Lipinski definition) is 3. The normalized spacial score (nSPS) is 11.4. The molecular weight excluding hydrogens is 242 g/mol. The second-order valence-electron chi connectivity index (χ2n) is 3.56. The maximum atomic E-state index is 11.3. The molecule has 1 heterocycles. The summed E-state index contributed by atoms with van der Waals surface area (Å²) in [4.78, 5) is 19.1. The van der Waals surface area contributed by atoms with Crippen molar-refractivity contribution in [3.63, 3.8) is 0 Å². The first-order valence-electron chi connectivity index (χ1n) is 5.01. The van der Waals surface area contributed by atoms with E-state index in [1.807, 2.05) is 13.8 Å². The van der Waals surface area contributed by atoms with Gasteiger partial charge in [-0.1, -0.05) is 11.6 Å². The average molecular weight is 256 g/mol. The molecule has 0 unspecified atom stereocenters. The highest BCUT2D eigenvalue weighted by Crippen LogP contribution is 2.19.